The third kappa shape index (κ3) is 5.44. The lowest BCUT2D eigenvalue weighted by Gasteiger charge is -2.10. The van der Waals surface area contributed by atoms with Gasteiger partial charge in [0.25, 0.3) is 5.91 Å². The molecule has 0 aliphatic heterocycles. The summed E-state index contributed by atoms with van der Waals surface area (Å²) in [6.45, 7) is 0.364. The normalized spacial score (nSPS) is 10.8. The summed E-state index contributed by atoms with van der Waals surface area (Å²) < 4.78 is 7.49. The predicted molar refractivity (Wildman–Crippen MR) is 126 cm³/mol. The summed E-state index contributed by atoms with van der Waals surface area (Å²) >= 11 is 4.21. The number of phenolic OH excluding ortho intramolecular Hbond substituents is 1. The van der Waals surface area contributed by atoms with Gasteiger partial charge in [0, 0.05) is 9.13 Å². The monoisotopic (exact) mass is 598 g/mol. The van der Waals surface area contributed by atoms with Crippen LogP contribution in [-0.4, -0.2) is 17.2 Å². The van der Waals surface area contributed by atoms with Crippen molar-refractivity contribution in [3.8, 4) is 11.5 Å². The van der Waals surface area contributed by atoms with Crippen molar-refractivity contribution in [1.82, 2.24) is 5.43 Å². The van der Waals surface area contributed by atoms with Crippen molar-refractivity contribution >= 4 is 57.3 Å². The average Bonchev–Trinajstić information content (AvgIpc) is 2.71. The lowest BCUT2D eigenvalue weighted by Crippen LogP contribution is -2.18. The van der Waals surface area contributed by atoms with Gasteiger partial charge in [-0.3, -0.25) is 4.79 Å². The maximum Gasteiger partial charge on any atom is 0.275 e. The number of carbonyl (C=O) groups excluding carboxylic acids is 1. The smallest absolute Gasteiger partial charge is 0.275 e. The Labute approximate surface area is 190 Å². The predicted octanol–water partition coefficient (Wildman–Crippen LogP) is 4.94. The Bertz CT molecular complexity index is 1010. The zero-order valence-corrected chi connectivity index (χ0v) is 18.9. The summed E-state index contributed by atoms with van der Waals surface area (Å²) in [5, 5.41) is 14.1. The molecule has 0 aliphatic rings. The first-order valence-corrected chi connectivity index (χ1v) is 10.5. The molecule has 0 bridgehead atoms. The van der Waals surface area contributed by atoms with Gasteiger partial charge in [0.2, 0.25) is 0 Å². The zero-order chi connectivity index (χ0) is 19.9. The number of halogens is 2. The molecule has 0 aromatic heterocycles. The van der Waals surface area contributed by atoms with E-state index in [1.165, 1.54) is 6.21 Å². The highest BCUT2D eigenvalue weighted by molar-refractivity contribution is 14.1. The van der Waals surface area contributed by atoms with E-state index in [4.69, 9.17) is 4.74 Å². The fourth-order valence-corrected chi connectivity index (χ4v) is 4.31. The van der Waals surface area contributed by atoms with Crippen LogP contribution < -0.4 is 10.2 Å². The first-order valence-electron chi connectivity index (χ1n) is 8.32. The van der Waals surface area contributed by atoms with Crippen LogP contribution in [0.4, 0.5) is 0 Å². The summed E-state index contributed by atoms with van der Waals surface area (Å²) in [6, 6.07) is 20.4. The average molecular weight is 598 g/mol. The standard InChI is InChI=1S/C21H16I2N2O3/c22-16-10-15(20(26)18(23)11-16)12-24-25-21(27)17-8-4-5-9-19(17)28-13-14-6-2-1-3-7-14/h1-12,26H,13H2,(H,25,27)/b24-12+. The topological polar surface area (TPSA) is 70.9 Å². The molecule has 0 unspecified atom stereocenters. The molecular weight excluding hydrogens is 582 g/mol. The Morgan fingerprint density at radius 1 is 1.07 bits per heavy atom. The van der Waals surface area contributed by atoms with Gasteiger partial charge in [0.05, 0.1) is 15.3 Å². The van der Waals surface area contributed by atoms with Crippen molar-refractivity contribution in [3.05, 3.63) is 90.6 Å². The quantitative estimate of drug-likeness (QED) is 0.240. The van der Waals surface area contributed by atoms with Gasteiger partial charge >= 0.3 is 0 Å². The van der Waals surface area contributed by atoms with Gasteiger partial charge in [-0.1, -0.05) is 42.5 Å². The number of rotatable bonds is 6. The Hall–Kier alpha value is -2.14. The van der Waals surface area contributed by atoms with Crippen LogP contribution in [0.15, 0.2) is 71.8 Å². The molecule has 0 aliphatic carbocycles. The molecule has 0 atom stereocenters. The summed E-state index contributed by atoms with van der Waals surface area (Å²) in [5.41, 5.74) is 4.42. The van der Waals surface area contributed by atoms with Crippen molar-refractivity contribution in [2.24, 2.45) is 5.10 Å². The molecule has 3 aromatic carbocycles. The Balaban J connectivity index is 1.69. The molecule has 0 saturated carbocycles. The Morgan fingerprint density at radius 2 is 1.79 bits per heavy atom. The van der Waals surface area contributed by atoms with Crippen molar-refractivity contribution in [3.63, 3.8) is 0 Å². The summed E-state index contributed by atoms with van der Waals surface area (Å²) in [7, 11) is 0. The molecule has 0 fully saturated rings. The lowest BCUT2D eigenvalue weighted by molar-refractivity contribution is 0.0950. The molecule has 0 saturated heterocycles. The second-order valence-corrected chi connectivity index (χ2v) is 8.20. The number of carbonyl (C=O) groups is 1. The number of hydrogen-bond acceptors (Lipinski definition) is 4. The maximum absolute atomic E-state index is 12.5. The second kappa shape index (κ2) is 9.87. The maximum atomic E-state index is 12.5. The molecule has 7 heteroatoms. The molecule has 1 amide bonds. The van der Waals surface area contributed by atoms with Gasteiger partial charge in [-0.2, -0.15) is 5.10 Å². The number of para-hydroxylation sites is 1. The van der Waals surface area contributed by atoms with Gasteiger partial charge in [0.15, 0.2) is 0 Å². The first-order chi connectivity index (χ1) is 13.5. The third-order valence-electron chi connectivity index (χ3n) is 3.80. The van der Waals surface area contributed by atoms with E-state index in [1.54, 1.807) is 24.3 Å². The van der Waals surface area contributed by atoms with Gasteiger partial charge in [-0.15, -0.1) is 0 Å². The van der Waals surface area contributed by atoms with Crippen LogP contribution in [0.5, 0.6) is 11.5 Å². The van der Waals surface area contributed by atoms with Crippen molar-refractivity contribution in [2.75, 3.05) is 0 Å². The molecule has 3 aromatic rings. The molecule has 142 valence electrons. The molecule has 5 nitrogen and oxygen atoms in total. The molecule has 28 heavy (non-hydrogen) atoms. The number of phenols is 1. The summed E-state index contributed by atoms with van der Waals surface area (Å²) in [6.07, 6.45) is 1.42. The van der Waals surface area contributed by atoms with Crippen molar-refractivity contribution < 1.29 is 14.6 Å². The highest BCUT2D eigenvalue weighted by Gasteiger charge is 2.12. The van der Waals surface area contributed by atoms with Crippen LogP contribution in [-0.2, 0) is 6.61 Å². The van der Waals surface area contributed by atoms with Crippen LogP contribution in [0.1, 0.15) is 21.5 Å². The first kappa shape index (κ1) is 20.6. The lowest BCUT2D eigenvalue weighted by atomic mass is 10.2. The Morgan fingerprint density at radius 3 is 2.57 bits per heavy atom. The van der Waals surface area contributed by atoms with Crippen LogP contribution in [0, 0.1) is 7.14 Å². The summed E-state index contributed by atoms with van der Waals surface area (Å²) in [4.78, 5) is 12.5. The summed E-state index contributed by atoms with van der Waals surface area (Å²) in [5.74, 6) is 0.219. The van der Waals surface area contributed by atoms with Gasteiger partial charge in [0.1, 0.15) is 18.1 Å². The second-order valence-electron chi connectivity index (χ2n) is 5.80. The highest BCUT2D eigenvalue weighted by Crippen LogP contribution is 2.25. The number of ether oxygens (including phenoxy) is 1. The minimum Gasteiger partial charge on any atom is -0.506 e. The van der Waals surface area contributed by atoms with Gasteiger partial charge in [-0.25, -0.2) is 5.43 Å². The highest BCUT2D eigenvalue weighted by atomic mass is 127. The molecule has 0 radical (unpaired) electrons. The molecule has 0 heterocycles. The van der Waals surface area contributed by atoms with Crippen LogP contribution in [0.2, 0.25) is 0 Å². The van der Waals surface area contributed by atoms with E-state index in [0.29, 0.717) is 23.5 Å². The SMILES string of the molecule is O=C(N/N=C/c1cc(I)cc(I)c1O)c1ccccc1OCc1ccccc1. The van der Waals surface area contributed by atoms with Gasteiger partial charge in [-0.05, 0) is 75.0 Å². The zero-order valence-electron chi connectivity index (χ0n) is 14.6. The number of hydrogen-bond donors (Lipinski definition) is 2. The Kier molecular flexibility index (Phi) is 7.26. The number of nitrogens with zero attached hydrogens (tertiary/aromatic N) is 1. The third-order valence-corrected chi connectivity index (χ3v) is 5.24. The van der Waals surface area contributed by atoms with Crippen molar-refractivity contribution in [1.29, 1.82) is 0 Å². The van der Waals surface area contributed by atoms with Crippen LogP contribution in [0.25, 0.3) is 0 Å². The van der Waals surface area contributed by atoms with E-state index in [1.807, 2.05) is 65.1 Å². The van der Waals surface area contributed by atoms with E-state index in [0.717, 1.165) is 12.7 Å². The van der Waals surface area contributed by atoms with E-state index in [-0.39, 0.29) is 11.7 Å². The number of nitrogens with one attached hydrogen (secondary N) is 1. The number of amides is 1. The van der Waals surface area contributed by atoms with E-state index >= 15 is 0 Å². The van der Waals surface area contributed by atoms with Crippen LogP contribution in [0.3, 0.4) is 0 Å². The van der Waals surface area contributed by atoms with E-state index in [9.17, 15) is 9.90 Å². The molecule has 3 rings (SSSR count). The van der Waals surface area contributed by atoms with E-state index < -0.39 is 0 Å². The minimum absolute atomic E-state index is 0.130. The fraction of sp³-hybridized carbons (Fsp3) is 0.0476. The van der Waals surface area contributed by atoms with Gasteiger partial charge < -0.3 is 9.84 Å². The largest absolute Gasteiger partial charge is 0.506 e. The fourth-order valence-electron chi connectivity index (χ4n) is 2.42. The molecule has 0 spiro atoms. The molecule has 2 N–H and O–H groups in total. The number of hydrazone groups is 1. The van der Waals surface area contributed by atoms with Crippen LogP contribution >= 0.6 is 45.2 Å². The van der Waals surface area contributed by atoms with Crippen molar-refractivity contribution in [2.45, 2.75) is 6.61 Å². The molecular formula is C21H16I2N2O3. The van der Waals surface area contributed by atoms with E-state index in [2.05, 4.69) is 33.1 Å². The minimum atomic E-state index is -0.389. The number of aromatic hydroxyl groups is 1. The number of benzene rings is 3.